The molecule has 0 unspecified atom stereocenters. The molecule has 3 heterocycles. The molecular formula is C21H25FN4O2. The number of piperidine rings is 2. The highest BCUT2D eigenvalue weighted by atomic mass is 19.1. The molecule has 6 nitrogen and oxygen atoms in total. The first-order valence-electron chi connectivity index (χ1n) is 9.77. The second-order valence-corrected chi connectivity index (χ2v) is 7.87. The number of likely N-dealkylation sites (tertiary alicyclic amines) is 1. The van der Waals surface area contributed by atoms with Crippen molar-refractivity contribution in [1.29, 1.82) is 0 Å². The van der Waals surface area contributed by atoms with Crippen LogP contribution in [-0.4, -0.2) is 58.2 Å². The smallest absolute Gasteiger partial charge is 0.227 e. The van der Waals surface area contributed by atoms with Crippen molar-refractivity contribution in [2.24, 2.45) is 5.41 Å². The molecule has 0 aliphatic carbocycles. The Morgan fingerprint density at radius 2 is 2.04 bits per heavy atom. The summed E-state index contributed by atoms with van der Waals surface area (Å²) in [7, 11) is 0. The third-order valence-corrected chi connectivity index (χ3v) is 5.99. The maximum Gasteiger partial charge on any atom is 0.227 e. The van der Waals surface area contributed by atoms with E-state index < -0.39 is 6.10 Å². The average Bonchev–Trinajstić information content (AvgIpc) is 2.73. The van der Waals surface area contributed by atoms with Gasteiger partial charge in [0.05, 0.1) is 18.7 Å². The number of aliphatic hydroxyl groups excluding tert-OH is 1. The molecule has 1 amide bonds. The minimum atomic E-state index is -0.443. The van der Waals surface area contributed by atoms with E-state index in [-0.39, 0.29) is 23.6 Å². The maximum absolute atomic E-state index is 13.1. The van der Waals surface area contributed by atoms with Crippen LogP contribution in [0.3, 0.4) is 0 Å². The van der Waals surface area contributed by atoms with E-state index in [1.165, 1.54) is 12.1 Å². The van der Waals surface area contributed by atoms with Gasteiger partial charge >= 0.3 is 0 Å². The van der Waals surface area contributed by atoms with E-state index in [4.69, 9.17) is 0 Å². The topological polar surface area (TPSA) is 69.6 Å². The molecule has 2 aliphatic rings. The van der Waals surface area contributed by atoms with E-state index in [2.05, 4.69) is 14.9 Å². The molecule has 2 fully saturated rings. The summed E-state index contributed by atoms with van der Waals surface area (Å²) < 4.78 is 13.1. The Morgan fingerprint density at radius 1 is 1.21 bits per heavy atom. The van der Waals surface area contributed by atoms with Crippen LogP contribution < -0.4 is 4.90 Å². The van der Waals surface area contributed by atoms with Crippen molar-refractivity contribution in [3.63, 3.8) is 0 Å². The van der Waals surface area contributed by atoms with Crippen molar-refractivity contribution in [2.75, 3.05) is 31.1 Å². The number of aromatic nitrogens is 2. The lowest BCUT2D eigenvalue weighted by atomic mass is 9.71. The van der Waals surface area contributed by atoms with Gasteiger partial charge in [-0.1, -0.05) is 12.1 Å². The number of hydrogen-bond acceptors (Lipinski definition) is 5. The Hall–Kier alpha value is -2.54. The molecule has 0 bridgehead atoms. The molecule has 1 N–H and O–H groups in total. The van der Waals surface area contributed by atoms with Crippen molar-refractivity contribution >= 4 is 11.7 Å². The van der Waals surface area contributed by atoms with Gasteiger partial charge in [-0.25, -0.2) is 9.37 Å². The second kappa shape index (κ2) is 7.83. The number of anilines is 1. The summed E-state index contributed by atoms with van der Waals surface area (Å²) in [6, 6.07) is 6.06. The fourth-order valence-electron chi connectivity index (χ4n) is 4.46. The highest BCUT2D eigenvalue weighted by Gasteiger charge is 2.46. The van der Waals surface area contributed by atoms with Crippen molar-refractivity contribution < 1.29 is 14.3 Å². The summed E-state index contributed by atoms with van der Waals surface area (Å²) in [4.78, 5) is 25.4. The Morgan fingerprint density at radius 3 is 2.79 bits per heavy atom. The number of benzene rings is 1. The molecule has 0 saturated carbocycles. The standard InChI is InChI=1S/C21H25FN4O2/c22-17-4-2-16(3-5-17)12-20(28)26-10-1-7-21(15-26)14-25(11-6-18(21)27)19-13-23-8-9-24-19/h2-5,8-9,13,18,27H,1,6-7,10-12,14-15H2/t18-,21-/m1/s1. The van der Waals surface area contributed by atoms with Crippen LogP contribution in [-0.2, 0) is 11.2 Å². The summed E-state index contributed by atoms with van der Waals surface area (Å²) in [5.41, 5.74) is 0.448. The highest BCUT2D eigenvalue weighted by molar-refractivity contribution is 5.79. The summed E-state index contributed by atoms with van der Waals surface area (Å²) in [5, 5.41) is 10.8. The summed E-state index contributed by atoms with van der Waals surface area (Å²) >= 11 is 0. The van der Waals surface area contributed by atoms with Crippen LogP contribution >= 0.6 is 0 Å². The zero-order chi connectivity index (χ0) is 19.6. The van der Waals surface area contributed by atoms with Gasteiger partial charge in [-0.05, 0) is 37.0 Å². The van der Waals surface area contributed by atoms with E-state index in [1.807, 2.05) is 4.90 Å². The molecule has 2 aliphatic heterocycles. The van der Waals surface area contributed by atoms with Gasteiger partial charge in [0.15, 0.2) is 0 Å². The monoisotopic (exact) mass is 384 g/mol. The first-order valence-corrected chi connectivity index (χ1v) is 9.77. The average molecular weight is 384 g/mol. The third kappa shape index (κ3) is 3.85. The van der Waals surface area contributed by atoms with Gasteiger partial charge in [0.25, 0.3) is 0 Å². The number of carbonyl (C=O) groups excluding carboxylic acids is 1. The molecule has 148 valence electrons. The molecule has 1 aromatic heterocycles. The quantitative estimate of drug-likeness (QED) is 0.877. The zero-order valence-electron chi connectivity index (χ0n) is 15.8. The van der Waals surface area contributed by atoms with E-state index in [1.54, 1.807) is 30.7 Å². The van der Waals surface area contributed by atoms with Gasteiger partial charge < -0.3 is 14.9 Å². The van der Waals surface area contributed by atoms with Crippen LogP contribution in [0.25, 0.3) is 0 Å². The lowest BCUT2D eigenvalue weighted by Gasteiger charge is -2.51. The summed E-state index contributed by atoms with van der Waals surface area (Å²) in [6.45, 7) is 2.61. The zero-order valence-corrected chi connectivity index (χ0v) is 15.8. The lowest BCUT2D eigenvalue weighted by Crippen LogP contribution is -2.60. The van der Waals surface area contributed by atoms with Gasteiger partial charge in [-0.15, -0.1) is 0 Å². The molecule has 7 heteroatoms. The molecule has 1 aromatic carbocycles. The third-order valence-electron chi connectivity index (χ3n) is 5.99. The maximum atomic E-state index is 13.1. The fraction of sp³-hybridized carbons (Fsp3) is 0.476. The van der Waals surface area contributed by atoms with E-state index in [0.29, 0.717) is 26.1 Å². The number of amides is 1. The SMILES string of the molecule is O=C(Cc1ccc(F)cc1)N1CCC[C@]2(C1)CN(c1cnccn1)CC[C@H]2O. The number of carbonyl (C=O) groups is 1. The molecule has 2 saturated heterocycles. The van der Waals surface area contributed by atoms with Gasteiger partial charge in [0.2, 0.25) is 5.91 Å². The lowest BCUT2D eigenvalue weighted by molar-refractivity contribution is -0.137. The second-order valence-electron chi connectivity index (χ2n) is 7.87. The minimum Gasteiger partial charge on any atom is -0.392 e. The number of hydrogen-bond donors (Lipinski definition) is 1. The van der Waals surface area contributed by atoms with Gasteiger partial charge in [-0.2, -0.15) is 0 Å². The first kappa shape index (κ1) is 18.8. The first-order chi connectivity index (χ1) is 13.6. The highest BCUT2D eigenvalue weighted by Crippen LogP contribution is 2.39. The van der Waals surface area contributed by atoms with E-state index in [9.17, 15) is 14.3 Å². The molecule has 4 rings (SSSR count). The van der Waals surface area contributed by atoms with Crippen molar-refractivity contribution in [2.45, 2.75) is 31.8 Å². The molecule has 0 radical (unpaired) electrons. The van der Waals surface area contributed by atoms with Crippen LogP contribution in [0.15, 0.2) is 42.9 Å². The number of rotatable bonds is 3. The Kier molecular flexibility index (Phi) is 5.26. The molecule has 28 heavy (non-hydrogen) atoms. The largest absolute Gasteiger partial charge is 0.392 e. The van der Waals surface area contributed by atoms with E-state index >= 15 is 0 Å². The normalized spacial score (nSPS) is 25.1. The Labute approximate surface area is 164 Å². The van der Waals surface area contributed by atoms with Crippen LogP contribution in [0.2, 0.25) is 0 Å². The van der Waals surface area contributed by atoms with Crippen LogP contribution in [0, 0.1) is 11.2 Å². The van der Waals surface area contributed by atoms with Crippen LogP contribution in [0.5, 0.6) is 0 Å². The van der Waals surface area contributed by atoms with Crippen LogP contribution in [0.1, 0.15) is 24.8 Å². The fourth-order valence-corrected chi connectivity index (χ4v) is 4.46. The van der Waals surface area contributed by atoms with Crippen molar-refractivity contribution in [1.82, 2.24) is 14.9 Å². The van der Waals surface area contributed by atoms with Crippen molar-refractivity contribution in [3.05, 3.63) is 54.2 Å². The van der Waals surface area contributed by atoms with Gasteiger partial charge in [0.1, 0.15) is 11.6 Å². The molecular weight excluding hydrogens is 359 g/mol. The number of halogens is 1. The van der Waals surface area contributed by atoms with Gasteiger partial charge in [-0.3, -0.25) is 9.78 Å². The summed E-state index contributed by atoms with van der Waals surface area (Å²) in [6.07, 6.45) is 7.26. The molecule has 2 aromatic rings. The van der Waals surface area contributed by atoms with Crippen molar-refractivity contribution in [3.8, 4) is 0 Å². The Bertz CT molecular complexity index is 817. The number of nitrogens with zero attached hydrogens (tertiary/aromatic N) is 4. The predicted molar refractivity (Wildman–Crippen MR) is 103 cm³/mol. The van der Waals surface area contributed by atoms with Gasteiger partial charge in [0, 0.05) is 44.0 Å². The molecule has 1 spiro atoms. The van der Waals surface area contributed by atoms with E-state index in [0.717, 1.165) is 30.8 Å². The predicted octanol–water partition coefficient (Wildman–Crippen LogP) is 2.04. The number of aliphatic hydroxyl groups is 1. The molecule has 2 atom stereocenters. The van der Waals surface area contributed by atoms with Crippen LogP contribution in [0.4, 0.5) is 10.2 Å². The minimum absolute atomic E-state index is 0.0227. The summed E-state index contributed by atoms with van der Waals surface area (Å²) in [5.74, 6) is 0.528. The Balaban J connectivity index is 1.47.